The summed E-state index contributed by atoms with van der Waals surface area (Å²) in [5, 5.41) is 1.31. The number of ether oxygens (including phenoxy) is 4. The number of alkyl halides is 6. The number of pyridine rings is 2. The van der Waals surface area contributed by atoms with Crippen LogP contribution in [0.2, 0.25) is 5.04 Å². The van der Waals surface area contributed by atoms with Gasteiger partial charge < -0.3 is 33.2 Å². The van der Waals surface area contributed by atoms with Crippen LogP contribution >= 0.6 is 0 Å². The van der Waals surface area contributed by atoms with Gasteiger partial charge in [-0.15, -0.1) is 0 Å². The first-order valence-corrected chi connectivity index (χ1v) is 28.7. The van der Waals surface area contributed by atoms with Gasteiger partial charge in [-0.3, -0.25) is 4.90 Å². The van der Waals surface area contributed by atoms with E-state index >= 15 is 30.7 Å². The molecule has 0 N–H and O–H groups in total. The molecule has 7 aromatic rings. The molecule has 0 spiro atoms. The van der Waals surface area contributed by atoms with Gasteiger partial charge >= 0.3 is 12.2 Å². The van der Waals surface area contributed by atoms with Crippen molar-refractivity contribution in [1.29, 1.82) is 0 Å². The number of methoxy groups -OCH3 is 2. The van der Waals surface area contributed by atoms with Gasteiger partial charge in [0.2, 0.25) is 5.88 Å². The largest absolute Gasteiger partial charge is 0.497 e. The lowest BCUT2D eigenvalue weighted by Crippen LogP contribution is -2.66. The molecule has 20 heteroatoms. The van der Waals surface area contributed by atoms with Crippen LogP contribution in [0.4, 0.5) is 42.4 Å². The van der Waals surface area contributed by atoms with Crippen molar-refractivity contribution >= 4 is 41.2 Å². The predicted octanol–water partition coefficient (Wildman–Crippen LogP) is 11.5. The van der Waals surface area contributed by atoms with Crippen LogP contribution in [-0.2, 0) is 23.7 Å². The maximum atomic E-state index is 18.2. The molecule has 3 atom stereocenters. The summed E-state index contributed by atoms with van der Waals surface area (Å²) in [6.45, 7) is 7.40. The molecule has 10 rings (SSSR count). The Balaban J connectivity index is 1.11. The zero-order valence-corrected chi connectivity index (χ0v) is 46.5. The summed E-state index contributed by atoms with van der Waals surface area (Å²) in [7, 11) is -0.0901. The van der Waals surface area contributed by atoms with Gasteiger partial charge in [0.15, 0.2) is 5.82 Å². The summed E-state index contributed by atoms with van der Waals surface area (Å²) in [4.78, 5) is 23.5. The molecule has 0 unspecified atom stereocenters. The zero-order chi connectivity index (χ0) is 56.6. The molecule has 3 aliphatic rings. The highest BCUT2D eigenvalue weighted by atomic mass is 28.4. The molecule has 0 saturated carbocycles. The van der Waals surface area contributed by atoms with E-state index in [0.717, 1.165) is 27.9 Å². The molecule has 2 saturated heterocycles. The summed E-state index contributed by atoms with van der Waals surface area (Å²) >= 11 is 0. The monoisotopic (exact) mass is 1120 g/mol. The highest BCUT2D eigenvalue weighted by Gasteiger charge is 2.51. The van der Waals surface area contributed by atoms with Crippen molar-refractivity contribution in [1.82, 2.24) is 24.8 Å². The molecule has 4 aromatic carbocycles. The fourth-order valence-electron chi connectivity index (χ4n) is 11.9. The van der Waals surface area contributed by atoms with Crippen molar-refractivity contribution in [3.63, 3.8) is 0 Å². The minimum atomic E-state index is -5.09. The molecule has 422 valence electrons. The van der Waals surface area contributed by atoms with E-state index in [2.05, 4.69) is 35.7 Å². The second-order valence-electron chi connectivity index (χ2n) is 21.9. The molecule has 3 aliphatic heterocycles. The lowest BCUT2D eigenvalue weighted by Gasteiger charge is -2.43. The summed E-state index contributed by atoms with van der Waals surface area (Å²) in [5.74, 6) is -0.702. The molecule has 12 nitrogen and oxygen atoms in total. The van der Waals surface area contributed by atoms with E-state index in [1.54, 1.807) is 29.2 Å². The van der Waals surface area contributed by atoms with E-state index in [0.29, 0.717) is 24.5 Å². The van der Waals surface area contributed by atoms with Gasteiger partial charge in [0.05, 0.1) is 37.9 Å². The molecule has 2 fully saturated rings. The van der Waals surface area contributed by atoms with Gasteiger partial charge in [0.1, 0.15) is 64.8 Å². The number of hydrogen-bond donors (Lipinski definition) is 0. The number of aryl methyl sites for hydroxylation is 1. The number of anilines is 2. The Bertz CT molecular complexity index is 3200. The van der Waals surface area contributed by atoms with Crippen LogP contribution in [0.15, 0.2) is 115 Å². The molecule has 0 amide bonds. The quantitative estimate of drug-likeness (QED) is 0.0568. The highest BCUT2D eigenvalue weighted by Crippen LogP contribution is 2.46. The summed E-state index contributed by atoms with van der Waals surface area (Å²) in [5.41, 5.74) is -3.03. The maximum Gasteiger partial charge on any atom is 0.418 e. The van der Waals surface area contributed by atoms with E-state index in [1.807, 2.05) is 89.8 Å². The van der Waals surface area contributed by atoms with Crippen molar-refractivity contribution in [3.8, 4) is 34.8 Å². The number of rotatable bonds is 19. The molecule has 0 radical (unpaired) electrons. The van der Waals surface area contributed by atoms with Gasteiger partial charge in [-0.25, -0.2) is 27.5 Å². The van der Waals surface area contributed by atoms with Crippen LogP contribution in [-0.4, -0.2) is 111 Å². The number of fused-ring (bicyclic) bond motifs is 1. The third-order valence-electron chi connectivity index (χ3n) is 15.7. The topological polar surface area (TPSA) is 107 Å². The molecular weight excluding hydrogens is 1060 g/mol. The van der Waals surface area contributed by atoms with Gasteiger partial charge in [-0.05, 0) is 95.2 Å². The van der Waals surface area contributed by atoms with E-state index in [-0.39, 0.29) is 74.9 Å². The lowest BCUT2D eigenvalue weighted by atomic mass is 9.95. The van der Waals surface area contributed by atoms with E-state index in [4.69, 9.17) is 28.4 Å². The molecular formula is C60H64F7N7O5Si. The van der Waals surface area contributed by atoms with Crippen LogP contribution in [0.1, 0.15) is 68.7 Å². The second kappa shape index (κ2) is 22.8. The van der Waals surface area contributed by atoms with Gasteiger partial charge in [0, 0.05) is 32.7 Å². The van der Waals surface area contributed by atoms with Crippen LogP contribution in [0.5, 0.6) is 23.4 Å². The Hall–Kier alpha value is -7.03. The Morgan fingerprint density at radius 3 is 1.99 bits per heavy atom. The molecule has 3 aromatic heterocycles. The van der Waals surface area contributed by atoms with Crippen LogP contribution in [0.3, 0.4) is 0 Å². The van der Waals surface area contributed by atoms with Crippen LogP contribution in [0, 0.1) is 12.7 Å². The molecule has 6 heterocycles. The first-order chi connectivity index (χ1) is 38.3. The van der Waals surface area contributed by atoms with Gasteiger partial charge in [-0.1, -0.05) is 106 Å². The first-order valence-electron chi connectivity index (χ1n) is 26.8. The fourth-order valence-corrected chi connectivity index (χ4v) is 16.5. The van der Waals surface area contributed by atoms with E-state index in [1.165, 1.54) is 32.1 Å². The molecule has 80 heavy (non-hydrogen) atoms. The summed E-state index contributed by atoms with van der Waals surface area (Å²) < 4.78 is 141. The van der Waals surface area contributed by atoms with Crippen molar-refractivity contribution in [2.45, 2.75) is 102 Å². The predicted molar refractivity (Wildman–Crippen MR) is 296 cm³/mol. The molecule has 0 aliphatic carbocycles. The number of benzene rings is 4. The Labute approximate surface area is 462 Å². The van der Waals surface area contributed by atoms with Crippen molar-refractivity contribution in [2.24, 2.45) is 0 Å². The number of nitrogens with zero attached hydrogens (tertiary/aromatic N) is 7. The van der Waals surface area contributed by atoms with Crippen LogP contribution in [0.25, 0.3) is 22.3 Å². The van der Waals surface area contributed by atoms with Gasteiger partial charge in [-0.2, -0.15) is 23.1 Å². The SMILES string of the molecule is COc1ccc(CN(Cc2ccc(OC)cc2)c2cc(C)c(C(F)(F)F)c(-c3nc4c5c(nc(OC[C@@]67CCCN6C[C@H](F)C7)nc5c3F)N(CC(F)F)[C@@H](CCO[Si](c3ccccc3)(c3ccccc3)C(C)(C)C)CO4)n2)cc1. The average Bonchev–Trinajstić information content (AvgIpc) is 3.94. The van der Waals surface area contributed by atoms with Crippen molar-refractivity contribution in [3.05, 3.63) is 143 Å². The number of halogens is 7. The van der Waals surface area contributed by atoms with E-state index < -0.39 is 90.4 Å². The van der Waals surface area contributed by atoms with Crippen LogP contribution < -0.4 is 39.1 Å². The first kappa shape index (κ1) is 56.2. The third-order valence-corrected chi connectivity index (χ3v) is 20.7. The Morgan fingerprint density at radius 2 is 1.43 bits per heavy atom. The average molecular weight is 1120 g/mol. The van der Waals surface area contributed by atoms with E-state index in [9.17, 15) is 0 Å². The number of aromatic nitrogens is 4. The van der Waals surface area contributed by atoms with Crippen molar-refractivity contribution in [2.75, 3.05) is 63.5 Å². The van der Waals surface area contributed by atoms with Gasteiger partial charge in [0.25, 0.3) is 14.7 Å². The Morgan fingerprint density at radius 1 is 0.812 bits per heavy atom. The minimum absolute atomic E-state index is 0.0409. The minimum Gasteiger partial charge on any atom is -0.497 e. The second-order valence-corrected chi connectivity index (χ2v) is 26.2. The smallest absolute Gasteiger partial charge is 0.418 e. The van der Waals surface area contributed by atoms with Crippen molar-refractivity contribution < 1.29 is 54.1 Å². The summed E-state index contributed by atoms with van der Waals surface area (Å²) in [6.07, 6.45) is -7.57. The standard InChI is InChI=1S/C60H64F7N7O5Si/c1-38-30-48(72(32-39-18-22-43(75-5)23-19-39)33-40-20-24-44(76-6)25-21-40)68-53(50(38)60(65,66)67)54-51(64)52-49-55(71-57(70-52)78-37-59-27-13-28-73(59)34-41(61)31-59)74(35-47(62)63)42(36-77-56(49)69-54)26-29-79-80(58(2,3)4,45-14-9-7-10-15-45)46-16-11-8-12-17-46/h7-12,14-25,30,41-42,47H,13,26-29,31-37H2,1-6H3/t41-,42+,59+/m1/s1. The number of hydrogen-bond acceptors (Lipinski definition) is 12. The fraction of sp³-hybridized carbons (Fsp3) is 0.400. The third kappa shape index (κ3) is 11.2. The lowest BCUT2D eigenvalue weighted by molar-refractivity contribution is -0.137. The summed E-state index contributed by atoms with van der Waals surface area (Å²) in [6, 6.07) is 34.1. The Kier molecular flexibility index (Phi) is 16.1. The highest BCUT2D eigenvalue weighted by molar-refractivity contribution is 6.99. The molecule has 0 bridgehead atoms. The normalized spacial score (nSPS) is 18.6. The maximum absolute atomic E-state index is 18.2. The zero-order valence-electron chi connectivity index (χ0n) is 45.5.